The van der Waals surface area contributed by atoms with E-state index in [1.807, 2.05) is 35.3 Å². The van der Waals surface area contributed by atoms with Crippen LogP contribution in [0.25, 0.3) is 0 Å². The number of carbonyl (C=O) groups excluding carboxylic acids is 2. The lowest BCUT2D eigenvalue weighted by atomic mass is 10.0. The van der Waals surface area contributed by atoms with Crippen LogP contribution < -0.4 is 15.6 Å². The second kappa shape index (κ2) is 7.91. The molecule has 1 aromatic rings. The van der Waals surface area contributed by atoms with Crippen molar-refractivity contribution in [3.8, 4) is 0 Å². The summed E-state index contributed by atoms with van der Waals surface area (Å²) < 4.78 is 0. The van der Waals surface area contributed by atoms with Gasteiger partial charge in [-0.3, -0.25) is 15.0 Å². The number of hydrogen-bond acceptors (Lipinski definition) is 3. The third kappa shape index (κ3) is 5.13. The number of nitrogens with zero attached hydrogens (tertiary/aromatic N) is 1. The zero-order valence-electron chi connectivity index (χ0n) is 13.3. The Morgan fingerprint density at radius 2 is 1.86 bits per heavy atom. The quantitative estimate of drug-likeness (QED) is 0.662. The molecule has 1 saturated heterocycles. The molecule has 1 fully saturated rings. The first-order valence-electron chi connectivity index (χ1n) is 7.72. The molecule has 2 rings (SSSR count). The fraction of sp³-hybridized carbons (Fsp3) is 0.500. The molecule has 6 heteroatoms. The van der Waals surface area contributed by atoms with Crippen LogP contribution in [-0.4, -0.2) is 50.0 Å². The normalized spacial score (nSPS) is 17.7. The van der Waals surface area contributed by atoms with Crippen molar-refractivity contribution >= 4 is 11.8 Å². The van der Waals surface area contributed by atoms with Crippen LogP contribution in [-0.2, 0) is 9.59 Å². The molecule has 6 nitrogen and oxygen atoms in total. The van der Waals surface area contributed by atoms with Gasteiger partial charge in [-0.1, -0.05) is 30.3 Å². The molecule has 0 aliphatic carbocycles. The highest BCUT2D eigenvalue weighted by Gasteiger charge is 2.21. The van der Waals surface area contributed by atoms with Gasteiger partial charge >= 0.3 is 0 Å². The Hall–Kier alpha value is -1.92. The molecule has 2 amide bonds. The second-order valence-corrected chi connectivity index (χ2v) is 5.85. The van der Waals surface area contributed by atoms with Crippen molar-refractivity contribution in [3.05, 3.63) is 35.9 Å². The molecule has 120 valence electrons. The predicted molar refractivity (Wildman–Crippen MR) is 84.0 cm³/mol. The van der Waals surface area contributed by atoms with Gasteiger partial charge in [0, 0.05) is 6.92 Å². The van der Waals surface area contributed by atoms with Crippen molar-refractivity contribution in [2.45, 2.75) is 19.4 Å². The minimum absolute atomic E-state index is 0.0674. The standard InChI is InChI=1S/C16H24N4O2/c1-13(21)17-15(14-6-4-3-5-7-14)12-16(22)18-20-10-8-19(2)9-11-20/h3-7,15H,8-12H2,1-2H3,(H,17,21)(H,18,22)/p+1/t15-/m0/s1. The molecule has 0 saturated carbocycles. The molecule has 0 bridgehead atoms. The van der Waals surface area contributed by atoms with Gasteiger partial charge in [-0.2, -0.15) is 0 Å². The highest BCUT2D eigenvalue weighted by molar-refractivity contribution is 5.78. The largest absolute Gasteiger partial charge is 0.349 e. The number of likely N-dealkylation sites (N-methyl/N-ethyl adjacent to an activating group) is 1. The minimum atomic E-state index is -0.295. The topological polar surface area (TPSA) is 65.9 Å². The summed E-state index contributed by atoms with van der Waals surface area (Å²) in [7, 11) is 2.15. The molecule has 0 aromatic heterocycles. The lowest BCUT2D eigenvalue weighted by Gasteiger charge is -2.30. The van der Waals surface area contributed by atoms with E-state index >= 15 is 0 Å². The van der Waals surface area contributed by atoms with Crippen LogP contribution in [0.2, 0.25) is 0 Å². The molecular weight excluding hydrogens is 280 g/mol. The number of quaternary nitrogens is 1. The molecule has 22 heavy (non-hydrogen) atoms. The molecule has 0 unspecified atom stereocenters. The third-order valence-corrected chi connectivity index (χ3v) is 3.87. The van der Waals surface area contributed by atoms with E-state index in [9.17, 15) is 9.59 Å². The van der Waals surface area contributed by atoms with Gasteiger partial charge in [0.15, 0.2) is 0 Å². The molecule has 1 atom stereocenters. The van der Waals surface area contributed by atoms with Crippen LogP contribution in [0.15, 0.2) is 30.3 Å². The fourth-order valence-corrected chi connectivity index (χ4v) is 2.59. The van der Waals surface area contributed by atoms with E-state index in [0.717, 1.165) is 31.7 Å². The van der Waals surface area contributed by atoms with Gasteiger partial charge < -0.3 is 10.2 Å². The summed E-state index contributed by atoms with van der Waals surface area (Å²) in [6.07, 6.45) is 0.239. The second-order valence-electron chi connectivity index (χ2n) is 5.85. The van der Waals surface area contributed by atoms with Crippen LogP contribution in [0.4, 0.5) is 0 Å². The number of amides is 2. The zero-order valence-corrected chi connectivity index (χ0v) is 13.3. The Bertz CT molecular complexity index is 498. The van der Waals surface area contributed by atoms with Crippen LogP contribution >= 0.6 is 0 Å². The van der Waals surface area contributed by atoms with Crippen molar-refractivity contribution in [1.82, 2.24) is 15.8 Å². The van der Waals surface area contributed by atoms with Crippen molar-refractivity contribution < 1.29 is 14.5 Å². The van der Waals surface area contributed by atoms with Crippen molar-refractivity contribution in [2.24, 2.45) is 0 Å². The monoisotopic (exact) mass is 305 g/mol. The Morgan fingerprint density at radius 1 is 1.23 bits per heavy atom. The first-order valence-corrected chi connectivity index (χ1v) is 7.72. The first-order chi connectivity index (χ1) is 10.5. The van der Waals surface area contributed by atoms with E-state index in [1.165, 1.54) is 11.8 Å². The Balaban J connectivity index is 1.92. The highest BCUT2D eigenvalue weighted by Crippen LogP contribution is 2.16. The summed E-state index contributed by atoms with van der Waals surface area (Å²) in [5.41, 5.74) is 3.88. The maximum Gasteiger partial charge on any atom is 0.236 e. The van der Waals surface area contributed by atoms with Gasteiger partial charge in [0.05, 0.1) is 45.7 Å². The average molecular weight is 305 g/mol. The number of hydrazine groups is 1. The molecule has 0 spiro atoms. The van der Waals surface area contributed by atoms with E-state index in [1.54, 1.807) is 0 Å². The van der Waals surface area contributed by atoms with Crippen molar-refractivity contribution in [1.29, 1.82) is 0 Å². The number of hydrogen-bond donors (Lipinski definition) is 3. The lowest BCUT2D eigenvalue weighted by Crippen LogP contribution is -3.12. The molecule has 3 N–H and O–H groups in total. The van der Waals surface area contributed by atoms with E-state index in [-0.39, 0.29) is 24.3 Å². The van der Waals surface area contributed by atoms with Gasteiger partial charge in [-0.05, 0) is 5.56 Å². The van der Waals surface area contributed by atoms with E-state index < -0.39 is 0 Å². The summed E-state index contributed by atoms with van der Waals surface area (Å²) in [4.78, 5) is 25.1. The molecular formula is C16H25N4O2+. The van der Waals surface area contributed by atoms with Gasteiger partial charge in [0.25, 0.3) is 0 Å². The number of rotatable bonds is 5. The van der Waals surface area contributed by atoms with E-state index in [4.69, 9.17) is 0 Å². The molecule has 0 radical (unpaired) electrons. The van der Waals surface area contributed by atoms with Crippen molar-refractivity contribution in [2.75, 3.05) is 33.2 Å². The van der Waals surface area contributed by atoms with Crippen LogP contribution in [0.5, 0.6) is 0 Å². The summed E-state index contributed by atoms with van der Waals surface area (Å²) in [6.45, 7) is 5.22. The van der Waals surface area contributed by atoms with Gasteiger partial charge in [-0.25, -0.2) is 5.01 Å². The maximum atomic E-state index is 12.2. The smallest absolute Gasteiger partial charge is 0.236 e. The zero-order chi connectivity index (χ0) is 15.9. The Morgan fingerprint density at radius 3 is 2.45 bits per heavy atom. The lowest BCUT2D eigenvalue weighted by molar-refractivity contribution is -0.884. The number of carbonyl (C=O) groups is 2. The summed E-state index contributed by atoms with van der Waals surface area (Å²) in [5, 5.41) is 4.81. The highest BCUT2D eigenvalue weighted by atomic mass is 16.2. The summed E-state index contributed by atoms with van der Waals surface area (Å²) in [6, 6.07) is 9.29. The predicted octanol–water partition coefficient (Wildman–Crippen LogP) is -0.885. The minimum Gasteiger partial charge on any atom is -0.349 e. The van der Waals surface area contributed by atoms with Gasteiger partial charge in [0.2, 0.25) is 11.8 Å². The van der Waals surface area contributed by atoms with Crippen molar-refractivity contribution in [3.63, 3.8) is 0 Å². The Labute approximate surface area is 131 Å². The molecule has 1 heterocycles. The SMILES string of the molecule is CC(=O)N[C@@H](CC(=O)NN1CC[NH+](C)CC1)c1ccccc1. The summed E-state index contributed by atoms with van der Waals surface area (Å²) in [5.74, 6) is -0.202. The van der Waals surface area contributed by atoms with E-state index in [2.05, 4.69) is 17.8 Å². The third-order valence-electron chi connectivity index (χ3n) is 3.87. The summed E-state index contributed by atoms with van der Waals surface area (Å²) >= 11 is 0. The van der Waals surface area contributed by atoms with Crippen LogP contribution in [0, 0.1) is 0 Å². The van der Waals surface area contributed by atoms with E-state index in [0.29, 0.717) is 0 Å². The van der Waals surface area contributed by atoms with Gasteiger partial charge in [-0.15, -0.1) is 0 Å². The number of benzene rings is 1. The average Bonchev–Trinajstić information content (AvgIpc) is 2.49. The first kappa shape index (κ1) is 16.5. The molecule has 1 aromatic carbocycles. The van der Waals surface area contributed by atoms with Gasteiger partial charge in [0.1, 0.15) is 0 Å². The molecule has 1 aliphatic heterocycles. The van der Waals surface area contributed by atoms with Crippen LogP contribution in [0.3, 0.4) is 0 Å². The number of nitrogens with one attached hydrogen (secondary N) is 3. The maximum absolute atomic E-state index is 12.2. The van der Waals surface area contributed by atoms with Crippen LogP contribution in [0.1, 0.15) is 24.9 Å². The Kier molecular flexibility index (Phi) is 5.91. The molecule has 1 aliphatic rings. The fourth-order valence-electron chi connectivity index (χ4n) is 2.59. The number of piperazine rings is 1.